The monoisotopic (exact) mass is 235 g/mol. The normalized spacial score (nSPS) is 14.4. The standard InChI is InChI=1S/C14H21NO2/c1-5-15(6-2)14(3,13(16)17-4)12-10-8-7-9-11-12/h7-11H,5-6H2,1-4H3/t14-/m0/s1. The molecule has 1 aromatic carbocycles. The van der Waals surface area contributed by atoms with Gasteiger partial charge in [0.05, 0.1) is 7.11 Å². The van der Waals surface area contributed by atoms with E-state index in [0.29, 0.717) is 0 Å². The molecule has 17 heavy (non-hydrogen) atoms. The van der Waals surface area contributed by atoms with E-state index in [2.05, 4.69) is 4.90 Å². The lowest BCUT2D eigenvalue weighted by Crippen LogP contribution is -2.50. The van der Waals surface area contributed by atoms with E-state index in [4.69, 9.17) is 4.74 Å². The van der Waals surface area contributed by atoms with Crippen molar-refractivity contribution in [3.8, 4) is 0 Å². The van der Waals surface area contributed by atoms with Gasteiger partial charge in [-0.2, -0.15) is 0 Å². The molecule has 1 rings (SSSR count). The van der Waals surface area contributed by atoms with E-state index in [0.717, 1.165) is 18.7 Å². The van der Waals surface area contributed by atoms with E-state index in [9.17, 15) is 4.79 Å². The summed E-state index contributed by atoms with van der Waals surface area (Å²) in [5.41, 5.74) is 0.259. The number of rotatable bonds is 5. The number of ether oxygens (including phenoxy) is 1. The summed E-state index contributed by atoms with van der Waals surface area (Å²) in [4.78, 5) is 14.2. The van der Waals surface area contributed by atoms with E-state index < -0.39 is 5.54 Å². The van der Waals surface area contributed by atoms with E-state index in [1.54, 1.807) is 0 Å². The minimum absolute atomic E-state index is 0.215. The van der Waals surface area contributed by atoms with Crippen molar-refractivity contribution in [3.63, 3.8) is 0 Å². The highest BCUT2D eigenvalue weighted by atomic mass is 16.5. The van der Waals surface area contributed by atoms with E-state index in [1.807, 2.05) is 51.1 Å². The molecule has 0 saturated carbocycles. The van der Waals surface area contributed by atoms with Gasteiger partial charge in [0.1, 0.15) is 5.54 Å². The van der Waals surface area contributed by atoms with Crippen molar-refractivity contribution < 1.29 is 9.53 Å². The molecule has 0 heterocycles. The molecule has 0 aliphatic rings. The minimum atomic E-state index is -0.709. The number of hydrogen-bond acceptors (Lipinski definition) is 3. The number of esters is 1. The lowest BCUT2D eigenvalue weighted by molar-refractivity contribution is -0.155. The second-order valence-electron chi connectivity index (χ2n) is 4.10. The van der Waals surface area contributed by atoms with Gasteiger partial charge in [-0.15, -0.1) is 0 Å². The predicted molar refractivity (Wildman–Crippen MR) is 68.7 cm³/mol. The van der Waals surface area contributed by atoms with Crippen LogP contribution in [0.4, 0.5) is 0 Å². The Morgan fingerprint density at radius 1 is 1.24 bits per heavy atom. The fraction of sp³-hybridized carbons (Fsp3) is 0.500. The summed E-state index contributed by atoms with van der Waals surface area (Å²) in [6.45, 7) is 7.62. The van der Waals surface area contributed by atoms with Crippen molar-refractivity contribution in [2.24, 2.45) is 0 Å². The molecular formula is C14H21NO2. The van der Waals surface area contributed by atoms with Gasteiger partial charge in [0.15, 0.2) is 0 Å². The van der Waals surface area contributed by atoms with Crippen molar-refractivity contribution in [2.75, 3.05) is 20.2 Å². The number of carbonyl (C=O) groups is 1. The fourth-order valence-electron chi connectivity index (χ4n) is 2.25. The maximum Gasteiger partial charge on any atom is 0.330 e. The topological polar surface area (TPSA) is 29.5 Å². The third kappa shape index (κ3) is 2.50. The Morgan fingerprint density at radius 3 is 2.18 bits per heavy atom. The first kappa shape index (κ1) is 13.7. The van der Waals surface area contributed by atoms with Crippen LogP contribution in [0, 0.1) is 0 Å². The van der Waals surface area contributed by atoms with Crippen LogP contribution in [-0.4, -0.2) is 31.1 Å². The summed E-state index contributed by atoms with van der Waals surface area (Å²) in [5.74, 6) is -0.215. The van der Waals surface area contributed by atoms with Gasteiger partial charge in [-0.1, -0.05) is 44.2 Å². The van der Waals surface area contributed by atoms with Gasteiger partial charge in [0.25, 0.3) is 0 Å². The lowest BCUT2D eigenvalue weighted by atomic mass is 9.90. The summed E-state index contributed by atoms with van der Waals surface area (Å²) < 4.78 is 4.97. The molecule has 0 saturated heterocycles. The van der Waals surface area contributed by atoms with Gasteiger partial charge in [-0.25, -0.2) is 4.79 Å². The highest BCUT2D eigenvalue weighted by Gasteiger charge is 2.40. The Balaban J connectivity index is 3.24. The molecule has 1 atom stereocenters. The zero-order chi connectivity index (χ0) is 12.9. The van der Waals surface area contributed by atoms with Crippen LogP contribution in [0.2, 0.25) is 0 Å². The molecule has 0 spiro atoms. The first-order chi connectivity index (χ1) is 8.11. The van der Waals surface area contributed by atoms with Crippen molar-refractivity contribution in [1.82, 2.24) is 4.90 Å². The highest BCUT2D eigenvalue weighted by molar-refractivity contribution is 5.82. The SMILES string of the molecule is CCN(CC)[C@](C)(C(=O)OC)c1ccccc1. The molecule has 0 amide bonds. The smallest absolute Gasteiger partial charge is 0.330 e. The van der Waals surface area contributed by atoms with Crippen molar-refractivity contribution in [3.05, 3.63) is 35.9 Å². The number of likely N-dealkylation sites (N-methyl/N-ethyl adjacent to an activating group) is 1. The highest BCUT2D eigenvalue weighted by Crippen LogP contribution is 2.29. The molecule has 0 aromatic heterocycles. The Bertz CT molecular complexity index is 360. The third-order valence-corrected chi connectivity index (χ3v) is 3.31. The van der Waals surface area contributed by atoms with Crippen molar-refractivity contribution in [1.29, 1.82) is 0 Å². The molecule has 0 radical (unpaired) electrons. The van der Waals surface area contributed by atoms with Crippen LogP contribution in [0.25, 0.3) is 0 Å². The van der Waals surface area contributed by atoms with Gasteiger partial charge in [0.2, 0.25) is 0 Å². The number of nitrogens with zero attached hydrogens (tertiary/aromatic N) is 1. The van der Waals surface area contributed by atoms with Crippen LogP contribution in [0.5, 0.6) is 0 Å². The molecule has 0 fully saturated rings. The van der Waals surface area contributed by atoms with Crippen LogP contribution in [0.15, 0.2) is 30.3 Å². The Kier molecular flexibility index (Phi) is 4.70. The van der Waals surface area contributed by atoms with E-state index >= 15 is 0 Å². The second-order valence-corrected chi connectivity index (χ2v) is 4.10. The molecule has 1 aromatic rings. The maximum atomic E-state index is 12.1. The molecule has 0 unspecified atom stereocenters. The third-order valence-electron chi connectivity index (χ3n) is 3.31. The number of carbonyl (C=O) groups excluding carboxylic acids is 1. The van der Waals surface area contributed by atoms with E-state index in [1.165, 1.54) is 7.11 Å². The molecule has 0 bridgehead atoms. The van der Waals surface area contributed by atoms with Crippen molar-refractivity contribution in [2.45, 2.75) is 26.3 Å². The quantitative estimate of drug-likeness (QED) is 0.734. The zero-order valence-corrected chi connectivity index (χ0v) is 11.1. The van der Waals surface area contributed by atoms with Crippen LogP contribution in [0.3, 0.4) is 0 Å². The Labute approximate surface area is 103 Å². The van der Waals surface area contributed by atoms with Crippen molar-refractivity contribution >= 4 is 5.97 Å². The Morgan fingerprint density at radius 2 is 1.76 bits per heavy atom. The summed E-state index contributed by atoms with van der Waals surface area (Å²) in [5, 5.41) is 0. The lowest BCUT2D eigenvalue weighted by Gasteiger charge is -2.38. The van der Waals surface area contributed by atoms with Crippen LogP contribution in [0.1, 0.15) is 26.3 Å². The Hall–Kier alpha value is -1.35. The zero-order valence-electron chi connectivity index (χ0n) is 11.1. The molecule has 94 valence electrons. The number of methoxy groups -OCH3 is 1. The largest absolute Gasteiger partial charge is 0.467 e. The van der Waals surface area contributed by atoms with Crippen LogP contribution >= 0.6 is 0 Å². The summed E-state index contributed by atoms with van der Waals surface area (Å²) >= 11 is 0. The van der Waals surface area contributed by atoms with Gasteiger partial charge in [-0.05, 0) is 25.6 Å². The number of benzene rings is 1. The van der Waals surface area contributed by atoms with Crippen LogP contribution in [-0.2, 0) is 15.1 Å². The second kappa shape index (κ2) is 5.82. The average molecular weight is 235 g/mol. The van der Waals surface area contributed by atoms with Crippen LogP contribution < -0.4 is 0 Å². The molecule has 0 aliphatic heterocycles. The minimum Gasteiger partial charge on any atom is -0.467 e. The first-order valence-corrected chi connectivity index (χ1v) is 6.00. The summed E-state index contributed by atoms with van der Waals surface area (Å²) in [6.07, 6.45) is 0. The molecule has 3 nitrogen and oxygen atoms in total. The van der Waals surface area contributed by atoms with Gasteiger partial charge in [0, 0.05) is 0 Å². The van der Waals surface area contributed by atoms with Gasteiger partial charge >= 0.3 is 5.97 Å². The van der Waals surface area contributed by atoms with Gasteiger partial charge in [-0.3, -0.25) is 4.90 Å². The number of hydrogen-bond donors (Lipinski definition) is 0. The molecular weight excluding hydrogens is 214 g/mol. The fourth-order valence-corrected chi connectivity index (χ4v) is 2.25. The first-order valence-electron chi connectivity index (χ1n) is 6.00. The predicted octanol–water partition coefficient (Wildman–Crippen LogP) is 2.42. The van der Waals surface area contributed by atoms with Gasteiger partial charge < -0.3 is 4.74 Å². The van der Waals surface area contributed by atoms with E-state index in [-0.39, 0.29) is 5.97 Å². The molecule has 0 N–H and O–H groups in total. The maximum absolute atomic E-state index is 12.1. The summed E-state index contributed by atoms with van der Waals surface area (Å²) in [6, 6.07) is 9.77. The molecule has 0 aliphatic carbocycles. The molecule has 3 heteroatoms. The average Bonchev–Trinajstić information content (AvgIpc) is 2.39. The summed E-state index contributed by atoms with van der Waals surface area (Å²) in [7, 11) is 1.44.